The van der Waals surface area contributed by atoms with Crippen molar-refractivity contribution >= 4 is 29.6 Å². The molecule has 184 valence electrons. The van der Waals surface area contributed by atoms with Gasteiger partial charge in [0.05, 0.1) is 18.8 Å². The first-order valence-electron chi connectivity index (χ1n) is 12.0. The molecule has 1 saturated heterocycles. The van der Waals surface area contributed by atoms with Gasteiger partial charge >= 0.3 is 5.97 Å². The van der Waals surface area contributed by atoms with Crippen molar-refractivity contribution in [2.75, 3.05) is 7.11 Å². The number of carbonyl (C=O) groups is 1. The molecule has 1 aromatic carbocycles. The number of rotatable bonds is 2. The topological polar surface area (TPSA) is 54.0 Å². The van der Waals surface area contributed by atoms with Gasteiger partial charge in [0.25, 0.3) is 0 Å². The van der Waals surface area contributed by atoms with Gasteiger partial charge in [-0.25, -0.2) is 4.79 Å². The van der Waals surface area contributed by atoms with Crippen LogP contribution < -0.4 is 10.0 Å². The molecule has 4 rings (SSSR count). The fourth-order valence-electron chi connectivity index (χ4n) is 4.90. The minimum atomic E-state index is -2.64. The van der Waals surface area contributed by atoms with Gasteiger partial charge in [0.15, 0.2) is 0 Å². The predicted octanol–water partition coefficient (Wildman–Crippen LogP) is 6.29. The molecule has 2 aliphatic heterocycles. The highest BCUT2D eigenvalue weighted by Gasteiger charge is 2.49. The molecule has 4 atom stereocenters. The van der Waals surface area contributed by atoms with Gasteiger partial charge < -0.3 is 18.5 Å². The van der Waals surface area contributed by atoms with Gasteiger partial charge in [-0.3, -0.25) is 0 Å². The van der Waals surface area contributed by atoms with Crippen LogP contribution in [-0.4, -0.2) is 30.9 Å². The maximum atomic E-state index is 12.2. The number of fused-ring (bicyclic) bond motifs is 2. The Labute approximate surface area is 208 Å². The van der Waals surface area contributed by atoms with E-state index in [1.807, 2.05) is 31.2 Å². The van der Waals surface area contributed by atoms with Crippen molar-refractivity contribution < 1.29 is 23.3 Å². The zero-order valence-corrected chi connectivity index (χ0v) is 22.5. The molecule has 0 bridgehead atoms. The van der Waals surface area contributed by atoms with Gasteiger partial charge in [-0.2, -0.15) is 0 Å². The summed E-state index contributed by atoms with van der Waals surface area (Å²) in [4.78, 5) is 12.2. The normalized spacial score (nSPS) is 35.9. The fourth-order valence-corrected chi connectivity index (χ4v) is 8.29. The predicted molar refractivity (Wildman–Crippen MR) is 139 cm³/mol. The van der Waals surface area contributed by atoms with Crippen LogP contribution in [0.5, 0.6) is 5.75 Å². The van der Waals surface area contributed by atoms with Gasteiger partial charge in [-0.15, -0.1) is 0 Å². The summed E-state index contributed by atoms with van der Waals surface area (Å²) in [6.07, 6.45) is 9.14. The molecular weight excluding hydrogens is 467 g/mol. The van der Waals surface area contributed by atoms with Gasteiger partial charge in [-0.05, 0) is 114 Å². The first kappa shape index (κ1) is 25.4. The number of hydrogen-bond acceptors (Lipinski definition) is 6. The summed E-state index contributed by atoms with van der Waals surface area (Å²) in [6, 6.07) is 7.74. The number of hydrogen-bond donors (Lipinski definition) is 0. The summed E-state index contributed by atoms with van der Waals surface area (Å²) in [7, 11) is 1.65. The molecule has 1 unspecified atom stereocenters. The Morgan fingerprint density at radius 1 is 1.09 bits per heavy atom. The van der Waals surface area contributed by atoms with Gasteiger partial charge in [0, 0.05) is 10.9 Å². The molecule has 2 heterocycles. The van der Waals surface area contributed by atoms with Crippen LogP contribution >= 0.6 is 6.49 Å². The Morgan fingerprint density at radius 3 is 2.53 bits per heavy atom. The monoisotopic (exact) mass is 502 g/mol. The molecule has 0 spiro atoms. The highest BCUT2D eigenvalue weighted by Crippen LogP contribution is 2.61. The highest BCUT2D eigenvalue weighted by atomic mass is 32.5. The first-order chi connectivity index (χ1) is 16.1. The summed E-state index contributed by atoms with van der Waals surface area (Å²) in [5.74, 6) is 0.585. The van der Waals surface area contributed by atoms with Crippen LogP contribution in [0.1, 0.15) is 66.2 Å². The molecule has 34 heavy (non-hydrogen) atoms. The van der Waals surface area contributed by atoms with Crippen molar-refractivity contribution in [2.45, 2.75) is 84.0 Å². The fraction of sp³-hybridized carbons (Fsp3) is 0.519. The lowest BCUT2D eigenvalue weighted by atomic mass is 9.88. The number of benzene rings is 1. The van der Waals surface area contributed by atoms with E-state index in [1.54, 1.807) is 7.11 Å². The zero-order valence-electron chi connectivity index (χ0n) is 20.8. The summed E-state index contributed by atoms with van der Waals surface area (Å²) in [5, 5.41) is 0.914. The maximum absolute atomic E-state index is 12.2. The van der Waals surface area contributed by atoms with Crippen LogP contribution in [-0.2, 0) is 30.4 Å². The van der Waals surface area contributed by atoms with Crippen LogP contribution in [0.2, 0.25) is 0 Å². The largest absolute Gasteiger partial charge is 0.497 e. The summed E-state index contributed by atoms with van der Waals surface area (Å²) >= 11 is 6.02. The number of carbonyl (C=O) groups excluding carboxylic acids is 1. The molecule has 0 N–H and O–H groups in total. The highest BCUT2D eigenvalue weighted by molar-refractivity contribution is 8.13. The molecule has 1 fully saturated rings. The summed E-state index contributed by atoms with van der Waals surface area (Å²) < 4.78 is 24.2. The van der Waals surface area contributed by atoms with Crippen molar-refractivity contribution in [1.82, 2.24) is 0 Å². The molecule has 3 aliphatic rings. The second-order valence-corrected chi connectivity index (χ2v) is 13.2. The summed E-state index contributed by atoms with van der Waals surface area (Å²) in [5.41, 5.74) is 3.90. The molecule has 1 aromatic rings. The Morgan fingerprint density at radius 2 is 1.82 bits per heavy atom. The average molecular weight is 503 g/mol. The lowest BCUT2D eigenvalue weighted by Crippen LogP contribution is -2.36. The molecular formula is C27H35O5PS. The first-order valence-corrected chi connectivity index (χ1v) is 14.6. The minimum absolute atomic E-state index is 0.108. The second kappa shape index (κ2) is 10.1. The average Bonchev–Trinajstić information content (AvgIpc) is 3.22. The second-order valence-electron chi connectivity index (χ2n) is 9.81. The Bertz CT molecular complexity index is 1090. The minimum Gasteiger partial charge on any atom is -0.497 e. The summed E-state index contributed by atoms with van der Waals surface area (Å²) in [6.45, 7) is 5.64. The maximum Gasteiger partial charge on any atom is 0.334 e. The SMILES string of the molecule is COc1ccc(P2(=S)O[C@H]3CC/C(C)=C/[C@H]4OC(=O)C(C)=C4CC/C(C)=C/CC[C@@]3(C)O2)cc1. The van der Waals surface area contributed by atoms with Gasteiger partial charge in [-0.1, -0.05) is 17.2 Å². The molecule has 5 nitrogen and oxygen atoms in total. The van der Waals surface area contributed by atoms with E-state index in [2.05, 4.69) is 32.9 Å². The molecule has 0 aromatic heterocycles. The van der Waals surface area contributed by atoms with E-state index in [9.17, 15) is 4.79 Å². The van der Waals surface area contributed by atoms with E-state index in [0.29, 0.717) is 0 Å². The molecule has 0 radical (unpaired) electrons. The number of esters is 1. The zero-order chi connectivity index (χ0) is 24.5. The third kappa shape index (κ3) is 5.26. The molecule has 7 heteroatoms. The van der Waals surface area contributed by atoms with Crippen LogP contribution in [0.15, 0.2) is 58.7 Å². The van der Waals surface area contributed by atoms with Crippen LogP contribution in [0.3, 0.4) is 0 Å². The molecule has 0 saturated carbocycles. The number of methoxy groups -OCH3 is 1. The lowest BCUT2D eigenvalue weighted by Gasteiger charge is -2.28. The standard InChI is InChI=1S/C27H35O5PS/c1-18-7-6-16-27(4)25(31-33(34,32-27)22-12-10-21(29-5)11-13-22)15-9-19(2)17-24-23(14-8-18)20(3)26(28)30-24/h7,10-13,17,24-25H,6,8-9,14-16H2,1-5H3/b18-7+,19-17+/t24-,25+,27-,33?/m1/s1. The third-order valence-corrected chi connectivity index (χ3v) is 10.4. The molecule has 0 amide bonds. The number of ether oxygens (including phenoxy) is 2. The van der Waals surface area contributed by atoms with Gasteiger partial charge in [0.1, 0.15) is 11.9 Å². The van der Waals surface area contributed by atoms with Crippen LogP contribution in [0, 0.1) is 0 Å². The Hall–Kier alpha value is -1.72. The Balaban J connectivity index is 1.61. The van der Waals surface area contributed by atoms with E-state index in [1.165, 1.54) is 11.1 Å². The smallest absolute Gasteiger partial charge is 0.334 e. The Kier molecular flexibility index (Phi) is 7.54. The van der Waals surface area contributed by atoms with Crippen LogP contribution in [0.4, 0.5) is 0 Å². The quantitative estimate of drug-likeness (QED) is 0.269. The van der Waals surface area contributed by atoms with Crippen molar-refractivity contribution in [2.24, 2.45) is 0 Å². The van der Waals surface area contributed by atoms with E-state index in [-0.39, 0.29) is 18.2 Å². The third-order valence-electron chi connectivity index (χ3n) is 7.19. The van der Waals surface area contributed by atoms with E-state index < -0.39 is 12.1 Å². The van der Waals surface area contributed by atoms with Crippen molar-refractivity contribution in [3.63, 3.8) is 0 Å². The van der Waals surface area contributed by atoms with Crippen LogP contribution in [0.25, 0.3) is 0 Å². The van der Waals surface area contributed by atoms with Crippen molar-refractivity contribution in [3.8, 4) is 5.75 Å². The van der Waals surface area contributed by atoms with E-state index in [4.69, 9.17) is 30.3 Å². The van der Waals surface area contributed by atoms with Crippen molar-refractivity contribution in [1.29, 1.82) is 0 Å². The van der Waals surface area contributed by atoms with Crippen molar-refractivity contribution in [3.05, 3.63) is 58.7 Å². The van der Waals surface area contributed by atoms with E-state index in [0.717, 1.165) is 60.7 Å². The lowest BCUT2D eigenvalue weighted by molar-refractivity contribution is -0.138. The van der Waals surface area contributed by atoms with E-state index >= 15 is 0 Å². The van der Waals surface area contributed by atoms with Gasteiger partial charge in [0.2, 0.25) is 6.49 Å². The number of allylic oxidation sites excluding steroid dienone is 3. The molecule has 1 aliphatic carbocycles.